The molecule has 1 unspecified atom stereocenters. The smallest absolute Gasteiger partial charge is 0.353 e. The summed E-state index contributed by atoms with van der Waals surface area (Å²) < 4.78 is 16.1. The molecule has 0 saturated heterocycles. The maximum absolute atomic E-state index is 11.7. The third-order valence-corrected chi connectivity index (χ3v) is 2.39. The number of para-hydroxylation sites is 2. The van der Waals surface area contributed by atoms with Gasteiger partial charge in [-0.3, -0.25) is 0 Å². The van der Waals surface area contributed by atoms with E-state index in [1.165, 1.54) is 0 Å². The van der Waals surface area contributed by atoms with Gasteiger partial charge in [-0.25, -0.2) is 4.79 Å². The monoisotopic (exact) mass is 222 g/mol. The summed E-state index contributed by atoms with van der Waals surface area (Å²) in [5.41, 5.74) is -1.05. The summed E-state index contributed by atoms with van der Waals surface area (Å²) >= 11 is 0. The number of ether oxygens (including phenoxy) is 3. The van der Waals surface area contributed by atoms with Crippen LogP contribution in [0.3, 0.4) is 0 Å². The Kier molecular flexibility index (Phi) is 2.73. The Hall–Kier alpha value is -1.71. The van der Waals surface area contributed by atoms with Gasteiger partial charge in [-0.15, -0.1) is 0 Å². The molecule has 4 heteroatoms. The van der Waals surface area contributed by atoms with Crippen LogP contribution in [0, 0.1) is 0 Å². The number of carbonyl (C=O) groups excluding carboxylic acids is 1. The van der Waals surface area contributed by atoms with Crippen molar-refractivity contribution in [2.75, 3.05) is 13.2 Å². The van der Waals surface area contributed by atoms with E-state index in [1.807, 2.05) is 12.1 Å². The third-order valence-electron chi connectivity index (χ3n) is 2.39. The molecule has 86 valence electrons. The van der Waals surface area contributed by atoms with Gasteiger partial charge in [0.05, 0.1) is 6.61 Å². The summed E-state index contributed by atoms with van der Waals surface area (Å²) in [6, 6.07) is 7.26. The van der Waals surface area contributed by atoms with Crippen molar-refractivity contribution in [1.82, 2.24) is 0 Å². The molecule has 2 rings (SSSR count). The molecule has 16 heavy (non-hydrogen) atoms. The van der Waals surface area contributed by atoms with Crippen LogP contribution in [-0.2, 0) is 9.53 Å². The van der Waals surface area contributed by atoms with Gasteiger partial charge >= 0.3 is 5.97 Å². The molecule has 0 bridgehead atoms. The minimum absolute atomic E-state index is 0.169. The van der Waals surface area contributed by atoms with E-state index in [-0.39, 0.29) is 6.61 Å². The molecule has 0 aromatic heterocycles. The Labute approximate surface area is 94.1 Å². The van der Waals surface area contributed by atoms with Gasteiger partial charge in [-0.1, -0.05) is 12.1 Å². The Morgan fingerprint density at radius 1 is 1.44 bits per heavy atom. The van der Waals surface area contributed by atoms with Crippen LogP contribution in [0.15, 0.2) is 24.3 Å². The summed E-state index contributed by atoms with van der Waals surface area (Å²) in [5, 5.41) is 0. The zero-order chi connectivity index (χ0) is 11.6. The van der Waals surface area contributed by atoms with Gasteiger partial charge in [0, 0.05) is 0 Å². The molecule has 0 aliphatic carbocycles. The van der Waals surface area contributed by atoms with Crippen LogP contribution in [-0.4, -0.2) is 24.8 Å². The lowest BCUT2D eigenvalue weighted by atomic mass is 10.1. The lowest BCUT2D eigenvalue weighted by Crippen LogP contribution is -2.50. The van der Waals surface area contributed by atoms with Crippen molar-refractivity contribution in [1.29, 1.82) is 0 Å². The number of esters is 1. The molecule has 4 nitrogen and oxygen atoms in total. The summed E-state index contributed by atoms with van der Waals surface area (Å²) in [4.78, 5) is 11.7. The summed E-state index contributed by atoms with van der Waals surface area (Å²) in [6.45, 7) is 3.93. The van der Waals surface area contributed by atoms with E-state index in [4.69, 9.17) is 14.2 Å². The molecule has 0 amide bonds. The van der Waals surface area contributed by atoms with Gasteiger partial charge in [0.25, 0.3) is 0 Å². The van der Waals surface area contributed by atoms with Crippen molar-refractivity contribution >= 4 is 5.97 Å². The maximum atomic E-state index is 11.7. The zero-order valence-corrected chi connectivity index (χ0v) is 9.36. The molecule has 1 aliphatic rings. The minimum Gasteiger partial charge on any atom is -0.485 e. The standard InChI is InChI=1S/C12H14O4/c1-3-14-11(13)12(2)8-15-9-6-4-5-7-10(9)16-12/h4-7H,3,8H2,1-2H3. The number of fused-ring (bicyclic) bond motifs is 1. The topological polar surface area (TPSA) is 44.8 Å². The van der Waals surface area contributed by atoms with Crippen LogP contribution < -0.4 is 9.47 Å². The molecule has 1 aliphatic heterocycles. The van der Waals surface area contributed by atoms with Gasteiger partial charge in [-0.05, 0) is 26.0 Å². The number of rotatable bonds is 2. The summed E-state index contributed by atoms with van der Waals surface area (Å²) in [6.07, 6.45) is 0. The molecule has 0 saturated carbocycles. The first kappa shape index (κ1) is 10.8. The van der Waals surface area contributed by atoms with Crippen molar-refractivity contribution in [3.63, 3.8) is 0 Å². The normalized spacial score (nSPS) is 22.6. The van der Waals surface area contributed by atoms with Gasteiger partial charge < -0.3 is 14.2 Å². The third kappa shape index (κ3) is 1.83. The molecule has 1 atom stereocenters. The number of benzene rings is 1. The minimum atomic E-state index is -1.05. The van der Waals surface area contributed by atoms with Crippen LogP contribution >= 0.6 is 0 Å². The van der Waals surface area contributed by atoms with Gasteiger partial charge in [0.15, 0.2) is 11.5 Å². The molecule has 1 aromatic rings. The van der Waals surface area contributed by atoms with Crippen molar-refractivity contribution < 1.29 is 19.0 Å². The molecule has 0 spiro atoms. The summed E-state index contributed by atoms with van der Waals surface area (Å²) in [7, 11) is 0. The largest absolute Gasteiger partial charge is 0.485 e. The highest BCUT2D eigenvalue weighted by Gasteiger charge is 2.42. The first-order valence-electron chi connectivity index (χ1n) is 5.24. The van der Waals surface area contributed by atoms with Crippen LogP contribution in [0.4, 0.5) is 0 Å². The van der Waals surface area contributed by atoms with E-state index >= 15 is 0 Å². The predicted molar refractivity (Wildman–Crippen MR) is 57.6 cm³/mol. The molecular formula is C12H14O4. The molecule has 1 aromatic carbocycles. The lowest BCUT2D eigenvalue weighted by Gasteiger charge is -2.33. The lowest BCUT2D eigenvalue weighted by molar-refractivity contribution is -0.164. The van der Waals surface area contributed by atoms with Crippen molar-refractivity contribution in [2.45, 2.75) is 19.4 Å². The van der Waals surface area contributed by atoms with E-state index in [0.29, 0.717) is 18.1 Å². The fourth-order valence-corrected chi connectivity index (χ4v) is 1.53. The second-order valence-corrected chi connectivity index (χ2v) is 3.79. The van der Waals surface area contributed by atoms with E-state index in [9.17, 15) is 4.79 Å². The van der Waals surface area contributed by atoms with E-state index in [2.05, 4.69) is 0 Å². The fourth-order valence-electron chi connectivity index (χ4n) is 1.53. The van der Waals surface area contributed by atoms with E-state index in [0.717, 1.165) is 0 Å². The van der Waals surface area contributed by atoms with Crippen molar-refractivity contribution in [3.8, 4) is 11.5 Å². The first-order valence-corrected chi connectivity index (χ1v) is 5.24. The molecule has 1 heterocycles. The zero-order valence-electron chi connectivity index (χ0n) is 9.36. The van der Waals surface area contributed by atoms with Crippen LogP contribution in [0.25, 0.3) is 0 Å². The number of hydrogen-bond acceptors (Lipinski definition) is 4. The number of hydrogen-bond donors (Lipinski definition) is 0. The predicted octanol–water partition coefficient (Wildman–Crippen LogP) is 1.78. The second kappa shape index (κ2) is 4.04. The first-order chi connectivity index (χ1) is 7.65. The van der Waals surface area contributed by atoms with Crippen LogP contribution in [0.2, 0.25) is 0 Å². The SMILES string of the molecule is CCOC(=O)C1(C)COc2ccccc2O1. The Balaban J connectivity index is 2.21. The quantitative estimate of drug-likeness (QED) is 0.715. The Bertz CT molecular complexity index is 402. The van der Waals surface area contributed by atoms with Gasteiger partial charge in [-0.2, -0.15) is 0 Å². The molecule has 0 N–H and O–H groups in total. The maximum Gasteiger partial charge on any atom is 0.353 e. The van der Waals surface area contributed by atoms with E-state index in [1.54, 1.807) is 26.0 Å². The summed E-state index contributed by atoms with van der Waals surface area (Å²) in [5.74, 6) is 0.832. The molecule has 0 fully saturated rings. The van der Waals surface area contributed by atoms with Crippen molar-refractivity contribution in [2.24, 2.45) is 0 Å². The van der Waals surface area contributed by atoms with E-state index < -0.39 is 11.6 Å². The van der Waals surface area contributed by atoms with Crippen molar-refractivity contribution in [3.05, 3.63) is 24.3 Å². The average Bonchev–Trinajstić information content (AvgIpc) is 2.29. The highest BCUT2D eigenvalue weighted by atomic mass is 16.6. The highest BCUT2D eigenvalue weighted by Crippen LogP contribution is 2.35. The van der Waals surface area contributed by atoms with Gasteiger partial charge in [0.2, 0.25) is 5.60 Å². The number of carbonyl (C=O) groups is 1. The van der Waals surface area contributed by atoms with Crippen LogP contribution in [0.1, 0.15) is 13.8 Å². The Morgan fingerprint density at radius 3 is 2.81 bits per heavy atom. The second-order valence-electron chi connectivity index (χ2n) is 3.79. The van der Waals surface area contributed by atoms with Gasteiger partial charge in [0.1, 0.15) is 6.61 Å². The molecular weight excluding hydrogens is 208 g/mol. The Morgan fingerprint density at radius 2 is 2.12 bits per heavy atom. The average molecular weight is 222 g/mol. The fraction of sp³-hybridized carbons (Fsp3) is 0.417. The highest BCUT2D eigenvalue weighted by molar-refractivity contribution is 5.80. The molecule has 0 radical (unpaired) electrons. The van der Waals surface area contributed by atoms with Crippen LogP contribution in [0.5, 0.6) is 11.5 Å².